The molecule has 6 heteroatoms. The Morgan fingerprint density at radius 3 is 2.54 bits per heavy atom. The van der Waals surface area contributed by atoms with Crippen LogP contribution in [0.3, 0.4) is 0 Å². The number of rotatable bonds is 7. The number of hydrogen-bond donors (Lipinski definition) is 2. The minimum Gasteiger partial charge on any atom is -0.476 e. The molecule has 0 aliphatic heterocycles. The van der Waals surface area contributed by atoms with Gasteiger partial charge in [-0.1, -0.05) is 30.3 Å². The van der Waals surface area contributed by atoms with Gasteiger partial charge >= 0.3 is 5.97 Å². The van der Waals surface area contributed by atoms with Crippen molar-refractivity contribution in [2.45, 2.75) is 44.4 Å². The second-order valence-electron chi connectivity index (χ2n) is 6.86. The number of carbonyl (C=O) groups excluding carboxylic acids is 1. The molecule has 0 saturated heterocycles. The molecule has 1 saturated carbocycles. The minimum absolute atomic E-state index is 0.0755. The number of carboxylic acid groups (broad SMARTS) is 1. The van der Waals surface area contributed by atoms with Crippen molar-refractivity contribution in [2.24, 2.45) is 5.92 Å². The van der Waals surface area contributed by atoms with Crippen LogP contribution in [0, 0.1) is 5.92 Å². The molecule has 1 aromatic heterocycles. The Morgan fingerprint density at radius 2 is 1.88 bits per heavy atom. The van der Waals surface area contributed by atoms with Crippen LogP contribution in [-0.4, -0.2) is 28.5 Å². The van der Waals surface area contributed by atoms with E-state index < -0.39 is 5.97 Å². The van der Waals surface area contributed by atoms with Crippen LogP contribution in [0.2, 0.25) is 0 Å². The molecule has 3 rings (SSSR count). The molecule has 26 heavy (non-hydrogen) atoms. The Balaban J connectivity index is 1.36. The van der Waals surface area contributed by atoms with Gasteiger partial charge in [0.05, 0.1) is 5.01 Å². The third kappa shape index (κ3) is 5.14. The highest BCUT2D eigenvalue weighted by Gasteiger charge is 2.23. The van der Waals surface area contributed by atoms with Crippen molar-refractivity contribution >= 4 is 23.2 Å². The first-order valence-electron chi connectivity index (χ1n) is 9.11. The molecule has 138 valence electrons. The second kappa shape index (κ2) is 8.94. The van der Waals surface area contributed by atoms with Gasteiger partial charge < -0.3 is 10.4 Å². The summed E-state index contributed by atoms with van der Waals surface area (Å²) >= 11 is 1.32. The summed E-state index contributed by atoms with van der Waals surface area (Å²) in [5.74, 6) is 0.170. The first-order valence-corrected chi connectivity index (χ1v) is 9.99. The van der Waals surface area contributed by atoms with E-state index in [-0.39, 0.29) is 11.6 Å². The number of thiazole rings is 1. The normalized spacial score (nSPS) is 19.8. The highest BCUT2D eigenvalue weighted by Crippen LogP contribution is 2.36. The molecular weight excluding hydrogens is 348 g/mol. The molecule has 1 fully saturated rings. The maximum Gasteiger partial charge on any atom is 0.355 e. The maximum atomic E-state index is 12.1. The van der Waals surface area contributed by atoms with Gasteiger partial charge in [-0.15, -0.1) is 11.3 Å². The van der Waals surface area contributed by atoms with E-state index in [0.717, 1.165) is 30.7 Å². The van der Waals surface area contributed by atoms with E-state index in [4.69, 9.17) is 5.11 Å². The summed E-state index contributed by atoms with van der Waals surface area (Å²) < 4.78 is 0. The number of aromatic nitrogens is 1. The summed E-state index contributed by atoms with van der Waals surface area (Å²) in [6.07, 6.45) is 5.66. The molecule has 2 aromatic rings. The van der Waals surface area contributed by atoms with Crippen LogP contribution in [0.15, 0.2) is 35.7 Å². The molecule has 0 radical (unpaired) electrons. The number of hydrogen-bond acceptors (Lipinski definition) is 4. The van der Waals surface area contributed by atoms with Gasteiger partial charge in [0.25, 0.3) is 0 Å². The molecule has 2 N–H and O–H groups in total. The van der Waals surface area contributed by atoms with Crippen molar-refractivity contribution < 1.29 is 14.7 Å². The Kier molecular flexibility index (Phi) is 6.39. The van der Waals surface area contributed by atoms with E-state index in [1.165, 1.54) is 22.3 Å². The topological polar surface area (TPSA) is 79.3 Å². The molecule has 1 amide bonds. The largest absolute Gasteiger partial charge is 0.476 e. The number of nitrogens with one attached hydrogen (secondary N) is 1. The highest BCUT2D eigenvalue weighted by atomic mass is 32.1. The number of carboxylic acids is 1. The number of nitrogens with zero attached hydrogens (tertiary/aromatic N) is 1. The van der Waals surface area contributed by atoms with E-state index in [0.29, 0.717) is 31.2 Å². The third-order valence-electron chi connectivity index (χ3n) is 5.02. The van der Waals surface area contributed by atoms with Gasteiger partial charge in [-0.25, -0.2) is 9.78 Å². The van der Waals surface area contributed by atoms with Crippen LogP contribution in [-0.2, 0) is 11.2 Å². The number of aromatic carboxylic acids is 1. The molecule has 1 aliphatic rings. The van der Waals surface area contributed by atoms with Crippen molar-refractivity contribution in [1.29, 1.82) is 0 Å². The van der Waals surface area contributed by atoms with Gasteiger partial charge in [0, 0.05) is 24.8 Å². The van der Waals surface area contributed by atoms with Gasteiger partial charge in [0.2, 0.25) is 5.91 Å². The summed E-state index contributed by atoms with van der Waals surface area (Å²) in [5, 5.41) is 14.1. The van der Waals surface area contributed by atoms with Crippen molar-refractivity contribution in [1.82, 2.24) is 10.3 Å². The first-order chi connectivity index (χ1) is 12.6. The van der Waals surface area contributed by atoms with E-state index in [2.05, 4.69) is 34.6 Å². The fourth-order valence-corrected chi connectivity index (χ4v) is 4.36. The van der Waals surface area contributed by atoms with Crippen molar-refractivity contribution in [3.63, 3.8) is 0 Å². The Bertz CT molecular complexity index is 737. The molecule has 0 bridgehead atoms. The van der Waals surface area contributed by atoms with E-state index in [9.17, 15) is 9.59 Å². The summed E-state index contributed by atoms with van der Waals surface area (Å²) in [4.78, 5) is 27.0. The van der Waals surface area contributed by atoms with E-state index in [1.54, 1.807) is 0 Å². The van der Waals surface area contributed by atoms with Crippen LogP contribution in [0.25, 0.3) is 0 Å². The Labute approximate surface area is 157 Å². The average Bonchev–Trinajstić information content (AvgIpc) is 3.12. The Morgan fingerprint density at radius 1 is 1.15 bits per heavy atom. The Hall–Kier alpha value is -2.21. The molecule has 0 atom stereocenters. The van der Waals surface area contributed by atoms with Crippen LogP contribution in [0.5, 0.6) is 0 Å². The zero-order valence-electron chi connectivity index (χ0n) is 14.7. The van der Waals surface area contributed by atoms with E-state index in [1.807, 2.05) is 6.07 Å². The van der Waals surface area contributed by atoms with Crippen LogP contribution in [0.4, 0.5) is 0 Å². The smallest absolute Gasteiger partial charge is 0.355 e. The summed E-state index contributed by atoms with van der Waals surface area (Å²) in [6.45, 7) is 0.505. The predicted octanol–water partition coefficient (Wildman–Crippen LogP) is 3.86. The zero-order chi connectivity index (χ0) is 18.4. The van der Waals surface area contributed by atoms with Crippen LogP contribution in [0.1, 0.15) is 59.1 Å². The predicted molar refractivity (Wildman–Crippen MR) is 102 cm³/mol. The van der Waals surface area contributed by atoms with E-state index >= 15 is 0 Å². The van der Waals surface area contributed by atoms with Gasteiger partial charge in [0.15, 0.2) is 5.69 Å². The molecular formula is C20H24N2O3S. The lowest BCUT2D eigenvalue weighted by Gasteiger charge is -2.28. The number of carbonyl (C=O) groups is 2. The van der Waals surface area contributed by atoms with Gasteiger partial charge in [-0.3, -0.25) is 4.79 Å². The molecule has 5 nitrogen and oxygen atoms in total. The zero-order valence-corrected chi connectivity index (χ0v) is 15.5. The molecule has 0 unspecified atom stereocenters. The summed E-state index contributed by atoms with van der Waals surface area (Å²) in [7, 11) is 0. The fourth-order valence-electron chi connectivity index (χ4n) is 3.59. The highest BCUT2D eigenvalue weighted by molar-refractivity contribution is 7.09. The summed E-state index contributed by atoms with van der Waals surface area (Å²) in [6, 6.07) is 10.6. The lowest BCUT2D eigenvalue weighted by molar-refractivity contribution is -0.122. The lowest BCUT2D eigenvalue weighted by Crippen LogP contribution is -2.28. The molecule has 1 aromatic carbocycles. The van der Waals surface area contributed by atoms with Crippen molar-refractivity contribution in [2.75, 3.05) is 6.54 Å². The van der Waals surface area contributed by atoms with Gasteiger partial charge in [0.1, 0.15) is 0 Å². The third-order valence-corrected chi connectivity index (χ3v) is 5.93. The minimum atomic E-state index is -1.01. The quantitative estimate of drug-likeness (QED) is 0.773. The molecule has 0 spiro atoms. The average molecular weight is 372 g/mol. The summed E-state index contributed by atoms with van der Waals surface area (Å²) in [5.41, 5.74) is 1.49. The van der Waals surface area contributed by atoms with Crippen LogP contribution < -0.4 is 5.32 Å². The SMILES string of the molecule is O=C(CC1CCC(c2ccccc2)CC1)NCCc1nc(C(=O)O)cs1. The molecule has 1 heterocycles. The van der Waals surface area contributed by atoms with Crippen molar-refractivity contribution in [3.8, 4) is 0 Å². The number of benzene rings is 1. The van der Waals surface area contributed by atoms with Crippen molar-refractivity contribution in [3.05, 3.63) is 52.0 Å². The second-order valence-corrected chi connectivity index (χ2v) is 7.81. The lowest BCUT2D eigenvalue weighted by atomic mass is 9.77. The fraction of sp³-hybridized carbons (Fsp3) is 0.450. The molecule has 1 aliphatic carbocycles. The van der Waals surface area contributed by atoms with Gasteiger partial charge in [-0.05, 0) is 43.1 Å². The first kappa shape index (κ1) is 18.6. The van der Waals surface area contributed by atoms with Crippen LogP contribution >= 0.6 is 11.3 Å². The van der Waals surface area contributed by atoms with Gasteiger partial charge in [-0.2, -0.15) is 0 Å². The standard InChI is InChI=1S/C20H24N2O3S/c23-18(21-11-10-19-22-17(13-26-19)20(24)25)12-14-6-8-16(9-7-14)15-4-2-1-3-5-15/h1-5,13-14,16H,6-12H2,(H,21,23)(H,24,25). The number of amides is 1. The monoisotopic (exact) mass is 372 g/mol. The maximum absolute atomic E-state index is 12.1.